The highest BCUT2D eigenvalue weighted by atomic mass is 16.1. The number of anilines is 1. The molecule has 0 fully saturated rings. The fourth-order valence-electron chi connectivity index (χ4n) is 1.69. The molecule has 0 atom stereocenters. The van der Waals surface area contributed by atoms with Crippen molar-refractivity contribution >= 4 is 11.6 Å². The maximum absolute atomic E-state index is 11.6. The molecule has 0 bridgehead atoms. The van der Waals surface area contributed by atoms with Crippen LogP contribution in [0.1, 0.15) is 5.69 Å². The van der Waals surface area contributed by atoms with Gasteiger partial charge in [0.1, 0.15) is 0 Å². The molecule has 1 amide bonds. The number of pyridine rings is 1. The summed E-state index contributed by atoms with van der Waals surface area (Å²) in [7, 11) is 0. The Morgan fingerprint density at radius 3 is 2.58 bits per heavy atom. The average Bonchev–Trinajstić information content (AvgIpc) is 2.46. The molecule has 0 spiro atoms. The minimum atomic E-state index is -0.0350. The van der Waals surface area contributed by atoms with Crippen LogP contribution in [0.3, 0.4) is 0 Å². The number of carbonyl (C=O) groups excluding carboxylic acids is 1. The number of rotatable bonds is 6. The Balaban J connectivity index is 1.65. The molecule has 4 nitrogen and oxygen atoms in total. The van der Waals surface area contributed by atoms with Gasteiger partial charge in [0.15, 0.2) is 0 Å². The Kier molecular flexibility index (Phi) is 5.07. The average molecular weight is 255 g/mol. The number of carbonyl (C=O) groups is 1. The largest absolute Gasteiger partial charge is 0.325 e. The number of hydrogen-bond donors (Lipinski definition) is 2. The van der Waals surface area contributed by atoms with Gasteiger partial charge in [0.2, 0.25) is 5.91 Å². The molecule has 0 aliphatic heterocycles. The van der Waals surface area contributed by atoms with Crippen LogP contribution in [0.25, 0.3) is 0 Å². The molecule has 1 aromatic heterocycles. The molecule has 0 saturated heterocycles. The van der Waals surface area contributed by atoms with E-state index in [9.17, 15) is 4.79 Å². The molecule has 2 aromatic rings. The lowest BCUT2D eigenvalue weighted by Gasteiger charge is -2.06. The zero-order valence-corrected chi connectivity index (χ0v) is 10.7. The Morgan fingerprint density at radius 2 is 1.84 bits per heavy atom. The number of benzene rings is 1. The third-order valence-electron chi connectivity index (χ3n) is 2.63. The topological polar surface area (TPSA) is 54.0 Å². The first-order chi connectivity index (χ1) is 9.34. The zero-order valence-electron chi connectivity index (χ0n) is 10.7. The van der Waals surface area contributed by atoms with Crippen LogP contribution in [0.2, 0.25) is 0 Å². The lowest BCUT2D eigenvalue weighted by molar-refractivity contribution is -0.115. The first kappa shape index (κ1) is 13.2. The van der Waals surface area contributed by atoms with Crippen molar-refractivity contribution in [1.29, 1.82) is 0 Å². The Bertz CT molecular complexity index is 499. The monoisotopic (exact) mass is 255 g/mol. The second-order valence-electron chi connectivity index (χ2n) is 4.16. The molecule has 2 N–H and O–H groups in total. The highest BCUT2D eigenvalue weighted by molar-refractivity contribution is 5.92. The molecule has 0 unspecified atom stereocenters. The van der Waals surface area contributed by atoms with E-state index in [1.807, 2.05) is 48.5 Å². The second kappa shape index (κ2) is 7.28. The Labute approximate surface area is 112 Å². The van der Waals surface area contributed by atoms with E-state index < -0.39 is 0 Å². The van der Waals surface area contributed by atoms with Crippen molar-refractivity contribution in [1.82, 2.24) is 10.3 Å². The minimum Gasteiger partial charge on any atom is -0.325 e. The van der Waals surface area contributed by atoms with Crippen molar-refractivity contribution in [2.45, 2.75) is 6.42 Å². The van der Waals surface area contributed by atoms with E-state index >= 15 is 0 Å². The molecule has 1 aromatic carbocycles. The van der Waals surface area contributed by atoms with Gasteiger partial charge in [-0.2, -0.15) is 0 Å². The highest BCUT2D eigenvalue weighted by Gasteiger charge is 2.01. The van der Waals surface area contributed by atoms with Gasteiger partial charge < -0.3 is 10.6 Å². The third-order valence-corrected chi connectivity index (χ3v) is 2.63. The molecule has 0 aliphatic carbocycles. The first-order valence-electron chi connectivity index (χ1n) is 6.30. The van der Waals surface area contributed by atoms with Gasteiger partial charge in [-0.1, -0.05) is 24.3 Å². The van der Waals surface area contributed by atoms with E-state index in [0.29, 0.717) is 6.54 Å². The van der Waals surface area contributed by atoms with Gasteiger partial charge >= 0.3 is 0 Å². The van der Waals surface area contributed by atoms with Crippen LogP contribution in [-0.4, -0.2) is 24.0 Å². The molecule has 1 heterocycles. The van der Waals surface area contributed by atoms with Crippen molar-refractivity contribution in [2.75, 3.05) is 18.4 Å². The summed E-state index contributed by atoms with van der Waals surface area (Å²) in [5.74, 6) is -0.0350. The lowest BCUT2D eigenvalue weighted by atomic mass is 10.3. The molecule has 0 radical (unpaired) electrons. The summed E-state index contributed by atoms with van der Waals surface area (Å²) < 4.78 is 0. The maximum Gasteiger partial charge on any atom is 0.238 e. The van der Waals surface area contributed by atoms with Crippen molar-refractivity contribution in [3.8, 4) is 0 Å². The summed E-state index contributed by atoms with van der Waals surface area (Å²) in [6.45, 7) is 1.04. The van der Waals surface area contributed by atoms with Gasteiger partial charge in [0.05, 0.1) is 6.54 Å². The summed E-state index contributed by atoms with van der Waals surface area (Å²) in [5.41, 5.74) is 1.84. The van der Waals surface area contributed by atoms with E-state index in [0.717, 1.165) is 24.3 Å². The molecule has 19 heavy (non-hydrogen) atoms. The summed E-state index contributed by atoms with van der Waals surface area (Å²) in [6, 6.07) is 15.3. The first-order valence-corrected chi connectivity index (χ1v) is 6.30. The maximum atomic E-state index is 11.6. The fourth-order valence-corrected chi connectivity index (χ4v) is 1.69. The molecule has 0 saturated carbocycles. The number of nitrogens with zero attached hydrogens (tertiary/aromatic N) is 1. The zero-order chi connectivity index (χ0) is 13.3. The number of amides is 1. The predicted octanol–water partition coefficient (Wildman–Crippen LogP) is 1.85. The number of nitrogens with one attached hydrogen (secondary N) is 2. The van der Waals surface area contributed by atoms with Crippen LogP contribution in [0.5, 0.6) is 0 Å². The smallest absolute Gasteiger partial charge is 0.238 e. The normalized spacial score (nSPS) is 10.1. The number of hydrogen-bond acceptors (Lipinski definition) is 3. The van der Waals surface area contributed by atoms with Crippen molar-refractivity contribution in [3.63, 3.8) is 0 Å². The van der Waals surface area contributed by atoms with Gasteiger partial charge in [-0.3, -0.25) is 9.78 Å². The standard InChI is InChI=1S/C15H17N3O/c19-15(18-14-7-2-1-3-8-14)12-16-11-9-13-6-4-5-10-17-13/h1-8,10,16H,9,11-12H2,(H,18,19). The van der Waals surface area contributed by atoms with Crippen molar-refractivity contribution < 1.29 is 4.79 Å². The third kappa shape index (κ3) is 4.89. The van der Waals surface area contributed by atoms with Crippen LogP contribution < -0.4 is 10.6 Å². The highest BCUT2D eigenvalue weighted by Crippen LogP contribution is 2.03. The van der Waals surface area contributed by atoms with Gasteiger partial charge in [-0.05, 0) is 24.3 Å². The second-order valence-corrected chi connectivity index (χ2v) is 4.16. The summed E-state index contributed by atoms with van der Waals surface area (Å²) >= 11 is 0. The Hall–Kier alpha value is -2.20. The van der Waals surface area contributed by atoms with E-state index in [1.165, 1.54) is 0 Å². The van der Waals surface area contributed by atoms with Gasteiger partial charge in [-0.15, -0.1) is 0 Å². The molecular weight excluding hydrogens is 238 g/mol. The minimum absolute atomic E-state index is 0.0350. The van der Waals surface area contributed by atoms with Crippen LogP contribution >= 0.6 is 0 Å². The molecule has 4 heteroatoms. The van der Waals surface area contributed by atoms with Crippen LogP contribution in [0.15, 0.2) is 54.7 Å². The van der Waals surface area contributed by atoms with E-state index in [1.54, 1.807) is 6.20 Å². The van der Waals surface area contributed by atoms with Crippen LogP contribution in [0, 0.1) is 0 Å². The summed E-state index contributed by atoms with van der Waals surface area (Å²) in [5, 5.41) is 5.93. The SMILES string of the molecule is O=C(CNCCc1ccccn1)Nc1ccccc1. The van der Waals surface area contributed by atoms with Gasteiger partial charge in [0.25, 0.3) is 0 Å². The van der Waals surface area contributed by atoms with Gasteiger partial charge in [0, 0.05) is 30.5 Å². The van der Waals surface area contributed by atoms with E-state index in [-0.39, 0.29) is 5.91 Å². The fraction of sp³-hybridized carbons (Fsp3) is 0.200. The molecule has 0 aliphatic rings. The lowest BCUT2D eigenvalue weighted by Crippen LogP contribution is -2.29. The quantitative estimate of drug-likeness (QED) is 0.775. The van der Waals surface area contributed by atoms with Crippen LogP contribution in [-0.2, 0) is 11.2 Å². The number of aromatic nitrogens is 1. The molecule has 98 valence electrons. The summed E-state index contributed by atoms with van der Waals surface area (Å²) in [6.07, 6.45) is 2.59. The Morgan fingerprint density at radius 1 is 1.05 bits per heavy atom. The van der Waals surface area contributed by atoms with Crippen LogP contribution in [0.4, 0.5) is 5.69 Å². The molecular formula is C15H17N3O. The predicted molar refractivity (Wildman–Crippen MR) is 75.9 cm³/mol. The van der Waals surface area contributed by atoms with E-state index in [4.69, 9.17) is 0 Å². The van der Waals surface area contributed by atoms with E-state index in [2.05, 4.69) is 15.6 Å². The summed E-state index contributed by atoms with van der Waals surface area (Å²) in [4.78, 5) is 15.9. The van der Waals surface area contributed by atoms with Crippen molar-refractivity contribution in [2.24, 2.45) is 0 Å². The molecule has 2 rings (SSSR count). The van der Waals surface area contributed by atoms with Gasteiger partial charge in [-0.25, -0.2) is 0 Å². The van der Waals surface area contributed by atoms with Crippen molar-refractivity contribution in [3.05, 3.63) is 60.4 Å². The number of para-hydroxylation sites is 1.